The molecule has 150 valence electrons. The first-order valence-corrected chi connectivity index (χ1v) is 10.5. The second-order valence-corrected chi connectivity index (χ2v) is 7.53. The van der Waals surface area contributed by atoms with E-state index >= 15 is 0 Å². The number of unbranched alkanes of at least 4 members (excludes halogenated alkanes) is 1. The zero-order valence-electron chi connectivity index (χ0n) is 17.4. The first-order chi connectivity index (χ1) is 13.5. The minimum atomic E-state index is 0.474. The molecule has 2 aromatic carbocycles. The summed E-state index contributed by atoms with van der Waals surface area (Å²) in [7, 11) is 0. The van der Waals surface area contributed by atoms with Crippen molar-refractivity contribution in [1.82, 2.24) is 5.43 Å². The molecule has 0 spiro atoms. The summed E-state index contributed by atoms with van der Waals surface area (Å²) >= 11 is 5.30. The maximum Gasteiger partial charge on any atom is 0.191 e. The number of nitrogens with zero attached hydrogens (tertiary/aromatic N) is 2. The second kappa shape index (κ2) is 11.4. The van der Waals surface area contributed by atoms with Crippen LogP contribution in [0.3, 0.4) is 0 Å². The van der Waals surface area contributed by atoms with Crippen molar-refractivity contribution in [2.24, 2.45) is 5.10 Å². The molecule has 2 aromatic rings. The average molecular weight is 397 g/mol. The molecule has 0 unspecified atom stereocenters. The third-order valence-electron chi connectivity index (χ3n) is 4.64. The summed E-state index contributed by atoms with van der Waals surface area (Å²) in [5.74, 6) is 0.520. The van der Waals surface area contributed by atoms with Crippen molar-refractivity contribution >= 4 is 34.9 Å². The summed E-state index contributed by atoms with van der Waals surface area (Å²) < 4.78 is 0. The standard InChI is InChI=1S/C23H32N4S/c1-5-7-16-27(6-2)22-14-8-19(9-15-22)17-24-26-23(28)25-21-12-10-20(11-13-21)18(3)4/h8-15,17-18H,5-7,16H2,1-4H3,(H2,25,26,28)/b24-17-. The zero-order valence-corrected chi connectivity index (χ0v) is 18.2. The molecule has 0 radical (unpaired) electrons. The number of rotatable bonds is 9. The van der Waals surface area contributed by atoms with E-state index in [2.05, 4.69) is 84.8 Å². The maximum absolute atomic E-state index is 5.30. The summed E-state index contributed by atoms with van der Waals surface area (Å²) in [6, 6.07) is 16.7. The highest BCUT2D eigenvalue weighted by Gasteiger charge is 2.03. The van der Waals surface area contributed by atoms with Gasteiger partial charge in [0.05, 0.1) is 6.21 Å². The van der Waals surface area contributed by atoms with E-state index in [0.29, 0.717) is 11.0 Å². The number of thiocarbonyl (C=S) groups is 1. The van der Waals surface area contributed by atoms with E-state index in [-0.39, 0.29) is 0 Å². The van der Waals surface area contributed by atoms with Gasteiger partial charge in [0.2, 0.25) is 0 Å². The fourth-order valence-electron chi connectivity index (χ4n) is 2.87. The van der Waals surface area contributed by atoms with E-state index in [1.807, 2.05) is 12.1 Å². The summed E-state index contributed by atoms with van der Waals surface area (Å²) in [4.78, 5) is 2.40. The molecular formula is C23H32N4S. The fraction of sp³-hybridized carbons (Fsp3) is 0.391. The van der Waals surface area contributed by atoms with Crippen LogP contribution in [0.25, 0.3) is 0 Å². The molecule has 0 atom stereocenters. The molecule has 0 aliphatic rings. The highest BCUT2D eigenvalue weighted by molar-refractivity contribution is 7.80. The van der Waals surface area contributed by atoms with Crippen LogP contribution < -0.4 is 15.6 Å². The molecule has 0 bridgehead atoms. The molecular weight excluding hydrogens is 364 g/mol. The largest absolute Gasteiger partial charge is 0.372 e. The van der Waals surface area contributed by atoms with Crippen LogP contribution in [-0.2, 0) is 0 Å². The summed E-state index contributed by atoms with van der Waals surface area (Å²) in [5, 5.41) is 7.85. The lowest BCUT2D eigenvalue weighted by Gasteiger charge is -2.22. The van der Waals surface area contributed by atoms with Crippen LogP contribution in [0.2, 0.25) is 0 Å². The Hall–Kier alpha value is -2.40. The van der Waals surface area contributed by atoms with Crippen molar-refractivity contribution in [2.45, 2.75) is 46.5 Å². The Morgan fingerprint density at radius 1 is 1.07 bits per heavy atom. The summed E-state index contributed by atoms with van der Waals surface area (Å²) in [6.45, 7) is 10.9. The Morgan fingerprint density at radius 2 is 1.75 bits per heavy atom. The van der Waals surface area contributed by atoms with Crippen LogP contribution in [0, 0.1) is 0 Å². The molecule has 28 heavy (non-hydrogen) atoms. The van der Waals surface area contributed by atoms with Gasteiger partial charge >= 0.3 is 0 Å². The highest BCUT2D eigenvalue weighted by atomic mass is 32.1. The minimum Gasteiger partial charge on any atom is -0.372 e. The molecule has 0 amide bonds. The normalized spacial score (nSPS) is 11.0. The number of hydrogen-bond donors (Lipinski definition) is 2. The quantitative estimate of drug-likeness (QED) is 0.321. The van der Waals surface area contributed by atoms with Crippen LogP contribution in [0.5, 0.6) is 0 Å². The molecule has 2 N–H and O–H groups in total. The Kier molecular flexibility index (Phi) is 8.95. The SMILES string of the molecule is CCCCN(CC)c1ccc(/C=N\NC(=S)Nc2ccc(C(C)C)cc2)cc1. The molecule has 0 saturated heterocycles. The van der Waals surface area contributed by atoms with E-state index in [1.165, 1.54) is 24.1 Å². The van der Waals surface area contributed by atoms with Gasteiger partial charge < -0.3 is 10.2 Å². The van der Waals surface area contributed by atoms with Crippen LogP contribution >= 0.6 is 12.2 Å². The van der Waals surface area contributed by atoms with Crippen molar-refractivity contribution in [2.75, 3.05) is 23.3 Å². The Morgan fingerprint density at radius 3 is 2.32 bits per heavy atom. The molecule has 5 heteroatoms. The van der Waals surface area contributed by atoms with Gasteiger partial charge in [0, 0.05) is 24.5 Å². The summed E-state index contributed by atoms with van der Waals surface area (Å²) in [6.07, 6.45) is 4.20. The van der Waals surface area contributed by atoms with E-state index in [9.17, 15) is 0 Å². The number of nitrogens with one attached hydrogen (secondary N) is 2. The molecule has 0 heterocycles. The van der Waals surface area contributed by atoms with Gasteiger partial charge in [0.1, 0.15) is 0 Å². The minimum absolute atomic E-state index is 0.474. The Balaban J connectivity index is 1.85. The maximum atomic E-state index is 5.30. The van der Waals surface area contributed by atoms with Crippen molar-refractivity contribution in [3.8, 4) is 0 Å². The lowest BCUT2D eigenvalue weighted by molar-refractivity contribution is 0.732. The van der Waals surface area contributed by atoms with Crippen LogP contribution in [0.15, 0.2) is 53.6 Å². The number of anilines is 2. The Labute approximate surface area is 175 Å². The lowest BCUT2D eigenvalue weighted by atomic mass is 10.0. The third kappa shape index (κ3) is 6.97. The van der Waals surface area contributed by atoms with E-state index in [0.717, 1.165) is 24.3 Å². The first kappa shape index (κ1) is 21.9. The first-order valence-electron chi connectivity index (χ1n) is 10.1. The fourth-order valence-corrected chi connectivity index (χ4v) is 3.04. The number of hydrazone groups is 1. The highest BCUT2D eigenvalue weighted by Crippen LogP contribution is 2.17. The summed E-state index contributed by atoms with van der Waals surface area (Å²) in [5.41, 5.74) is 7.42. The van der Waals surface area contributed by atoms with Gasteiger partial charge in [-0.05, 0) is 66.9 Å². The van der Waals surface area contributed by atoms with Gasteiger partial charge in [-0.15, -0.1) is 0 Å². The predicted molar refractivity (Wildman–Crippen MR) is 127 cm³/mol. The number of benzene rings is 2. The molecule has 2 rings (SSSR count). The van der Waals surface area contributed by atoms with Crippen LogP contribution in [0.1, 0.15) is 57.6 Å². The van der Waals surface area contributed by atoms with Gasteiger partial charge in [0.15, 0.2) is 5.11 Å². The lowest BCUT2D eigenvalue weighted by Crippen LogP contribution is -2.24. The topological polar surface area (TPSA) is 39.7 Å². The van der Waals surface area contributed by atoms with E-state index in [1.54, 1.807) is 6.21 Å². The van der Waals surface area contributed by atoms with Crippen LogP contribution in [-0.4, -0.2) is 24.4 Å². The van der Waals surface area contributed by atoms with Crippen LogP contribution in [0.4, 0.5) is 11.4 Å². The zero-order chi connectivity index (χ0) is 20.4. The van der Waals surface area contributed by atoms with E-state index in [4.69, 9.17) is 12.2 Å². The third-order valence-corrected chi connectivity index (χ3v) is 4.83. The van der Waals surface area contributed by atoms with Crippen molar-refractivity contribution in [3.05, 3.63) is 59.7 Å². The molecule has 0 aromatic heterocycles. The molecule has 0 saturated carbocycles. The van der Waals surface area contributed by atoms with Gasteiger partial charge in [-0.2, -0.15) is 5.10 Å². The van der Waals surface area contributed by atoms with Gasteiger partial charge in [-0.1, -0.05) is 51.5 Å². The molecule has 0 fully saturated rings. The van der Waals surface area contributed by atoms with Gasteiger partial charge in [-0.3, -0.25) is 5.43 Å². The molecule has 4 nitrogen and oxygen atoms in total. The van der Waals surface area contributed by atoms with Crippen molar-refractivity contribution in [3.63, 3.8) is 0 Å². The molecule has 0 aliphatic heterocycles. The average Bonchev–Trinajstić information content (AvgIpc) is 2.70. The van der Waals surface area contributed by atoms with Gasteiger partial charge in [0.25, 0.3) is 0 Å². The molecule has 0 aliphatic carbocycles. The van der Waals surface area contributed by atoms with Crippen molar-refractivity contribution < 1.29 is 0 Å². The Bertz CT molecular complexity index is 751. The second-order valence-electron chi connectivity index (χ2n) is 7.13. The van der Waals surface area contributed by atoms with E-state index < -0.39 is 0 Å². The smallest absolute Gasteiger partial charge is 0.191 e. The predicted octanol–water partition coefficient (Wildman–Crippen LogP) is 5.76. The number of hydrogen-bond acceptors (Lipinski definition) is 3. The van der Waals surface area contributed by atoms with Gasteiger partial charge in [-0.25, -0.2) is 0 Å². The monoisotopic (exact) mass is 396 g/mol. The van der Waals surface area contributed by atoms with Crippen molar-refractivity contribution in [1.29, 1.82) is 0 Å².